The summed E-state index contributed by atoms with van der Waals surface area (Å²) in [5.74, 6) is -0.440. The summed E-state index contributed by atoms with van der Waals surface area (Å²) in [4.78, 5) is 29.9. The van der Waals surface area contributed by atoms with Crippen LogP contribution in [0.2, 0.25) is 5.02 Å². The van der Waals surface area contributed by atoms with Crippen LogP contribution in [0.3, 0.4) is 0 Å². The summed E-state index contributed by atoms with van der Waals surface area (Å²) in [5, 5.41) is 3.62. The first-order valence-corrected chi connectivity index (χ1v) is 9.69. The Morgan fingerprint density at radius 1 is 1.29 bits per heavy atom. The van der Waals surface area contributed by atoms with E-state index in [2.05, 4.69) is 10.3 Å². The first-order chi connectivity index (χ1) is 13.3. The first kappa shape index (κ1) is 18.6. The molecule has 0 aliphatic rings. The minimum Gasteiger partial charge on any atom is -0.324 e. The maximum absolute atomic E-state index is 14.2. The second kappa shape index (κ2) is 7.00. The molecule has 0 fully saturated rings. The molecule has 28 heavy (non-hydrogen) atoms. The molecule has 0 unspecified atom stereocenters. The van der Waals surface area contributed by atoms with Crippen LogP contribution in [0.5, 0.6) is 0 Å². The number of carbonyl (C=O) groups excluding carboxylic acids is 1. The van der Waals surface area contributed by atoms with Gasteiger partial charge in [-0.3, -0.25) is 14.2 Å². The second-order valence-corrected chi connectivity index (χ2v) is 7.94. The number of benzene rings is 2. The highest BCUT2D eigenvalue weighted by atomic mass is 35.5. The fourth-order valence-electron chi connectivity index (χ4n) is 3.08. The fourth-order valence-corrected chi connectivity index (χ4v) is 4.36. The van der Waals surface area contributed by atoms with E-state index in [0.717, 1.165) is 5.56 Å². The molecule has 0 atom stereocenters. The maximum Gasteiger partial charge on any atom is 0.272 e. The zero-order valence-electron chi connectivity index (χ0n) is 15.0. The van der Waals surface area contributed by atoms with E-state index in [1.54, 1.807) is 37.3 Å². The van der Waals surface area contributed by atoms with Gasteiger partial charge in [-0.15, -0.1) is 11.3 Å². The molecule has 1 amide bonds. The van der Waals surface area contributed by atoms with Crippen molar-refractivity contribution in [2.75, 3.05) is 5.32 Å². The number of carbonyl (C=O) groups is 1. The summed E-state index contributed by atoms with van der Waals surface area (Å²) >= 11 is 7.16. The largest absolute Gasteiger partial charge is 0.324 e. The van der Waals surface area contributed by atoms with Crippen LogP contribution in [0.25, 0.3) is 20.3 Å². The monoisotopic (exact) mass is 415 g/mol. The molecule has 0 saturated carbocycles. The van der Waals surface area contributed by atoms with Crippen molar-refractivity contribution in [2.45, 2.75) is 20.4 Å². The van der Waals surface area contributed by atoms with Crippen LogP contribution >= 0.6 is 22.9 Å². The highest BCUT2D eigenvalue weighted by molar-refractivity contribution is 7.25. The van der Waals surface area contributed by atoms with Gasteiger partial charge in [0.25, 0.3) is 5.56 Å². The van der Waals surface area contributed by atoms with Crippen molar-refractivity contribution in [1.29, 1.82) is 0 Å². The molecule has 1 N–H and O–H groups in total. The van der Waals surface area contributed by atoms with Crippen LogP contribution in [-0.2, 0) is 11.3 Å². The predicted molar refractivity (Wildman–Crippen MR) is 111 cm³/mol. The molecule has 8 heteroatoms. The SMILES string of the molecule is Cc1ccc(Cl)cc1NC(=O)Cn1c(C)nc2c(sc3cccc(F)c32)c1=O. The van der Waals surface area contributed by atoms with Gasteiger partial charge >= 0.3 is 0 Å². The van der Waals surface area contributed by atoms with Gasteiger partial charge in [0.2, 0.25) is 5.91 Å². The lowest BCUT2D eigenvalue weighted by Gasteiger charge is -2.12. The summed E-state index contributed by atoms with van der Waals surface area (Å²) < 4.78 is 16.5. The standard InChI is InChI=1S/C20H15ClFN3O2S/c1-10-6-7-12(21)8-14(10)24-16(26)9-25-11(2)23-18-17-13(22)4-3-5-15(17)28-19(18)20(25)27/h3-8H,9H2,1-2H3,(H,24,26). The van der Waals surface area contributed by atoms with Crippen LogP contribution in [0.4, 0.5) is 10.1 Å². The highest BCUT2D eigenvalue weighted by Gasteiger charge is 2.18. The van der Waals surface area contributed by atoms with Gasteiger partial charge in [-0.2, -0.15) is 0 Å². The summed E-state index contributed by atoms with van der Waals surface area (Å²) in [6.07, 6.45) is 0. The van der Waals surface area contributed by atoms with Gasteiger partial charge in [0, 0.05) is 15.4 Å². The number of anilines is 1. The number of aromatic nitrogens is 2. The van der Waals surface area contributed by atoms with E-state index in [-0.39, 0.29) is 18.0 Å². The Morgan fingerprint density at radius 2 is 2.07 bits per heavy atom. The van der Waals surface area contributed by atoms with Crippen molar-refractivity contribution >= 4 is 54.8 Å². The van der Waals surface area contributed by atoms with Crippen molar-refractivity contribution in [1.82, 2.24) is 9.55 Å². The van der Waals surface area contributed by atoms with Crippen LogP contribution in [0.1, 0.15) is 11.4 Å². The molecule has 0 saturated heterocycles. The molecule has 2 heterocycles. The van der Waals surface area contributed by atoms with E-state index in [0.29, 0.717) is 36.8 Å². The van der Waals surface area contributed by atoms with Gasteiger partial charge in [0.1, 0.15) is 22.9 Å². The molecule has 2 aromatic heterocycles. The van der Waals surface area contributed by atoms with Gasteiger partial charge in [0.05, 0.1) is 10.9 Å². The third-order valence-corrected chi connectivity index (χ3v) is 5.89. The van der Waals surface area contributed by atoms with Gasteiger partial charge in [-0.25, -0.2) is 9.37 Å². The average molecular weight is 416 g/mol. The van der Waals surface area contributed by atoms with E-state index in [4.69, 9.17) is 11.6 Å². The number of nitrogens with one attached hydrogen (secondary N) is 1. The lowest BCUT2D eigenvalue weighted by atomic mass is 10.2. The minimum atomic E-state index is -0.415. The van der Waals surface area contributed by atoms with Crippen LogP contribution in [-0.4, -0.2) is 15.5 Å². The number of nitrogens with zero attached hydrogens (tertiary/aromatic N) is 2. The van der Waals surface area contributed by atoms with Gasteiger partial charge in [-0.05, 0) is 43.7 Å². The van der Waals surface area contributed by atoms with E-state index >= 15 is 0 Å². The van der Waals surface area contributed by atoms with Crippen molar-refractivity contribution in [2.24, 2.45) is 0 Å². The average Bonchev–Trinajstić information content (AvgIpc) is 3.02. The quantitative estimate of drug-likeness (QED) is 0.529. The van der Waals surface area contributed by atoms with Crippen molar-refractivity contribution in [3.05, 3.63) is 69.0 Å². The van der Waals surface area contributed by atoms with E-state index in [1.807, 2.05) is 6.92 Å². The Hall–Kier alpha value is -2.77. The molecule has 0 bridgehead atoms. The zero-order chi connectivity index (χ0) is 20.0. The van der Waals surface area contributed by atoms with E-state index < -0.39 is 5.82 Å². The zero-order valence-corrected chi connectivity index (χ0v) is 16.6. The molecular formula is C20H15ClFN3O2S. The Labute approximate surface area is 168 Å². The highest BCUT2D eigenvalue weighted by Crippen LogP contribution is 2.32. The lowest BCUT2D eigenvalue weighted by molar-refractivity contribution is -0.116. The van der Waals surface area contributed by atoms with Gasteiger partial charge in [0.15, 0.2) is 0 Å². The van der Waals surface area contributed by atoms with Crippen molar-refractivity contribution in [3.63, 3.8) is 0 Å². The smallest absolute Gasteiger partial charge is 0.272 e. The molecule has 4 rings (SSSR count). The number of hydrogen-bond donors (Lipinski definition) is 1. The summed E-state index contributed by atoms with van der Waals surface area (Å²) in [7, 11) is 0. The predicted octanol–water partition coefficient (Wildman–Crippen LogP) is 4.66. The first-order valence-electron chi connectivity index (χ1n) is 8.49. The summed E-state index contributed by atoms with van der Waals surface area (Å²) in [6.45, 7) is 3.28. The van der Waals surface area contributed by atoms with Gasteiger partial charge in [-0.1, -0.05) is 23.7 Å². The number of hydrogen-bond acceptors (Lipinski definition) is 4. The lowest BCUT2D eigenvalue weighted by Crippen LogP contribution is -2.29. The second-order valence-electron chi connectivity index (χ2n) is 6.45. The number of thiophene rings is 1. The minimum absolute atomic E-state index is 0.198. The Bertz CT molecular complexity index is 1310. The normalized spacial score (nSPS) is 11.3. The van der Waals surface area contributed by atoms with Gasteiger partial charge < -0.3 is 5.32 Å². The van der Waals surface area contributed by atoms with E-state index in [9.17, 15) is 14.0 Å². The van der Waals surface area contributed by atoms with Crippen molar-refractivity contribution < 1.29 is 9.18 Å². The maximum atomic E-state index is 14.2. The Morgan fingerprint density at radius 3 is 2.86 bits per heavy atom. The fraction of sp³-hybridized carbons (Fsp3) is 0.150. The number of aryl methyl sites for hydroxylation is 2. The molecule has 5 nitrogen and oxygen atoms in total. The molecule has 2 aromatic carbocycles. The number of fused-ring (bicyclic) bond motifs is 3. The molecular weight excluding hydrogens is 401 g/mol. The van der Waals surface area contributed by atoms with Crippen LogP contribution < -0.4 is 10.9 Å². The molecule has 0 aliphatic carbocycles. The summed E-state index contributed by atoms with van der Waals surface area (Å²) in [6, 6.07) is 9.88. The molecule has 4 aromatic rings. The molecule has 0 aliphatic heterocycles. The third-order valence-electron chi connectivity index (χ3n) is 4.52. The molecule has 142 valence electrons. The Kier molecular flexibility index (Phi) is 4.64. The molecule has 0 spiro atoms. The van der Waals surface area contributed by atoms with Crippen molar-refractivity contribution in [3.8, 4) is 0 Å². The third kappa shape index (κ3) is 3.16. The number of rotatable bonds is 3. The number of halogens is 2. The van der Waals surface area contributed by atoms with Crippen LogP contribution in [0.15, 0.2) is 41.2 Å². The Balaban J connectivity index is 1.74. The topological polar surface area (TPSA) is 64.0 Å². The molecule has 0 radical (unpaired) electrons. The number of amides is 1. The van der Waals surface area contributed by atoms with Crippen LogP contribution in [0, 0.1) is 19.7 Å². The summed E-state index contributed by atoms with van der Waals surface area (Å²) in [5.41, 5.74) is 1.42. The van der Waals surface area contributed by atoms with E-state index in [1.165, 1.54) is 22.0 Å².